The van der Waals surface area contributed by atoms with Crippen LogP contribution in [-0.2, 0) is 11.3 Å². The number of benzene rings is 2. The molecule has 1 N–H and O–H groups in total. The molecule has 7 nitrogen and oxygen atoms in total. The van der Waals surface area contributed by atoms with Crippen LogP contribution in [0.4, 0.5) is 18.9 Å². The molecule has 0 spiro atoms. The Labute approximate surface area is 193 Å². The molecule has 2 heterocycles. The van der Waals surface area contributed by atoms with E-state index in [1.807, 2.05) is 0 Å². The van der Waals surface area contributed by atoms with Gasteiger partial charge in [0.15, 0.2) is 0 Å². The summed E-state index contributed by atoms with van der Waals surface area (Å²) in [5.74, 6) is -3.44. The van der Waals surface area contributed by atoms with Crippen molar-refractivity contribution < 1.29 is 32.2 Å². The third-order valence-electron chi connectivity index (χ3n) is 5.18. The van der Waals surface area contributed by atoms with Gasteiger partial charge in [-0.1, -0.05) is 0 Å². The standard InChI is InChI=1S/C24H20F3N3O4/c25-17-5-3-16(19(26)13-17)14-34-21-6-4-15(24(32)30-8-10-33-11-9-30)12-18(21)23(31)29-20-2-1-7-28-22(20)27/h1-7,12-13H,8-11,14H2,(H,29,31). The first-order valence-corrected chi connectivity index (χ1v) is 10.4. The maximum absolute atomic E-state index is 14.0. The lowest BCUT2D eigenvalue weighted by Gasteiger charge is -2.27. The van der Waals surface area contributed by atoms with Crippen LogP contribution < -0.4 is 10.1 Å². The molecule has 10 heteroatoms. The van der Waals surface area contributed by atoms with E-state index in [1.54, 1.807) is 4.90 Å². The minimum atomic E-state index is -0.882. The number of amides is 2. The van der Waals surface area contributed by atoms with Gasteiger partial charge in [-0.2, -0.15) is 4.39 Å². The SMILES string of the molecule is O=C(Nc1cccnc1F)c1cc(C(=O)N2CCOCC2)ccc1OCc1ccc(F)cc1F. The molecule has 0 unspecified atom stereocenters. The number of hydrogen-bond donors (Lipinski definition) is 1. The number of anilines is 1. The van der Waals surface area contributed by atoms with Crippen molar-refractivity contribution >= 4 is 17.5 Å². The highest BCUT2D eigenvalue weighted by Gasteiger charge is 2.22. The lowest BCUT2D eigenvalue weighted by atomic mass is 10.1. The van der Waals surface area contributed by atoms with Crippen LogP contribution in [0.3, 0.4) is 0 Å². The smallest absolute Gasteiger partial charge is 0.259 e. The van der Waals surface area contributed by atoms with Gasteiger partial charge in [-0.15, -0.1) is 0 Å². The highest BCUT2D eigenvalue weighted by molar-refractivity contribution is 6.08. The van der Waals surface area contributed by atoms with E-state index in [4.69, 9.17) is 9.47 Å². The molecule has 1 aliphatic rings. The van der Waals surface area contributed by atoms with E-state index in [9.17, 15) is 22.8 Å². The molecule has 3 aromatic rings. The molecule has 2 amide bonds. The van der Waals surface area contributed by atoms with Crippen LogP contribution in [0, 0.1) is 17.6 Å². The molecule has 0 radical (unpaired) electrons. The maximum atomic E-state index is 14.0. The Morgan fingerprint density at radius 1 is 1.06 bits per heavy atom. The summed E-state index contributed by atoms with van der Waals surface area (Å²) in [6.45, 7) is 1.32. The van der Waals surface area contributed by atoms with E-state index in [0.29, 0.717) is 26.3 Å². The average molecular weight is 471 g/mol. The minimum absolute atomic E-state index is 0.0315. The molecular weight excluding hydrogens is 451 g/mol. The van der Waals surface area contributed by atoms with E-state index in [2.05, 4.69) is 10.3 Å². The fraction of sp³-hybridized carbons (Fsp3) is 0.208. The molecule has 0 bridgehead atoms. The van der Waals surface area contributed by atoms with Crippen LogP contribution in [0.2, 0.25) is 0 Å². The highest BCUT2D eigenvalue weighted by Crippen LogP contribution is 2.25. The zero-order valence-corrected chi connectivity index (χ0v) is 17.9. The molecule has 1 aliphatic heterocycles. The fourth-order valence-corrected chi connectivity index (χ4v) is 3.38. The zero-order valence-electron chi connectivity index (χ0n) is 17.9. The van der Waals surface area contributed by atoms with Crippen molar-refractivity contribution in [1.29, 1.82) is 0 Å². The lowest BCUT2D eigenvalue weighted by Crippen LogP contribution is -2.40. The predicted octanol–water partition coefficient (Wildman–Crippen LogP) is 3.80. The van der Waals surface area contributed by atoms with Gasteiger partial charge in [0, 0.05) is 36.5 Å². The van der Waals surface area contributed by atoms with E-state index in [1.165, 1.54) is 42.6 Å². The molecular formula is C24H20F3N3O4. The van der Waals surface area contributed by atoms with Gasteiger partial charge in [0.25, 0.3) is 11.8 Å². The van der Waals surface area contributed by atoms with E-state index in [0.717, 1.165) is 12.1 Å². The Bertz CT molecular complexity index is 1220. The Kier molecular flexibility index (Phi) is 7.07. The van der Waals surface area contributed by atoms with Crippen LogP contribution in [0.1, 0.15) is 26.3 Å². The van der Waals surface area contributed by atoms with Crippen LogP contribution in [0.25, 0.3) is 0 Å². The second-order valence-electron chi connectivity index (χ2n) is 7.44. The molecule has 34 heavy (non-hydrogen) atoms. The van der Waals surface area contributed by atoms with Crippen LogP contribution in [0.15, 0.2) is 54.7 Å². The number of nitrogens with zero attached hydrogens (tertiary/aromatic N) is 2. The normalized spacial score (nSPS) is 13.4. The molecule has 4 rings (SSSR count). The Morgan fingerprint density at radius 3 is 2.59 bits per heavy atom. The number of rotatable bonds is 6. The van der Waals surface area contributed by atoms with Gasteiger partial charge in [0.1, 0.15) is 24.0 Å². The molecule has 1 aromatic heterocycles. The highest BCUT2D eigenvalue weighted by atomic mass is 19.1. The summed E-state index contributed by atoms with van der Waals surface area (Å²) < 4.78 is 52.1. The van der Waals surface area contributed by atoms with Gasteiger partial charge < -0.3 is 19.7 Å². The summed E-state index contributed by atoms with van der Waals surface area (Å²) in [5.41, 5.74) is 0.0661. The minimum Gasteiger partial charge on any atom is -0.488 e. The third-order valence-corrected chi connectivity index (χ3v) is 5.18. The summed E-state index contributed by atoms with van der Waals surface area (Å²) >= 11 is 0. The molecule has 1 saturated heterocycles. The molecule has 2 aromatic carbocycles. The van der Waals surface area contributed by atoms with Gasteiger partial charge >= 0.3 is 0 Å². The van der Waals surface area contributed by atoms with Crippen molar-refractivity contribution in [1.82, 2.24) is 9.88 Å². The van der Waals surface area contributed by atoms with Gasteiger partial charge in [-0.05, 0) is 42.5 Å². The first kappa shape index (κ1) is 23.2. The van der Waals surface area contributed by atoms with Crippen molar-refractivity contribution in [3.8, 4) is 5.75 Å². The van der Waals surface area contributed by atoms with Crippen molar-refractivity contribution in [2.24, 2.45) is 0 Å². The van der Waals surface area contributed by atoms with Crippen molar-refractivity contribution in [3.63, 3.8) is 0 Å². The number of halogens is 3. The molecule has 0 atom stereocenters. The quantitative estimate of drug-likeness (QED) is 0.554. The van der Waals surface area contributed by atoms with E-state index >= 15 is 0 Å². The van der Waals surface area contributed by atoms with Crippen molar-refractivity contribution in [2.45, 2.75) is 6.61 Å². The second-order valence-corrected chi connectivity index (χ2v) is 7.44. The monoisotopic (exact) mass is 471 g/mol. The fourth-order valence-electron chi connectivity index (χ4n) is 3.38. The van der Waals surface area contributed by atoms with Crippen LogP contribution in [-0.4, -0.2) is 48.0 Å². The number of nitrogens with one attached hydrogen (secondary N) is 1. The van der Waals surface area contributed by atoms with Crippen LogP contribution >= 0.6 is 0 Å². The zero-order chi connectivity index (χ0) is 24.1. The average Bonchev–Trinajstić information content (AvgIpc) is 2.85. The maximum Gasteiger partial charge on any atom is 0.259 e. The third kappa shape index (κ3) is 5.34. The van der Waals surface area contributed by atoms with E-state index < -0.39 is 23.5 Å². The van der Waals surface area contributed by atoms with Crippen molar-refractivity contribution in [3.05, 3.63) is 89.0 Å². The number of morpholine rings is 1. The number of ether oxygens (including phenoxy) is 2. The summed E-state index contributed by atoms with van der Waals surface area (Å²) in [6.07, 6.45) is 1.23. The summed E-state index contributed by atoms with van der Waals surface area (Å²) in [4.78, 5) is 31.0. The largest absolute Gasteiger partial charge is 0.488 e. The van der Waals surface area contributed by atoms with Gasteiger partial charge in [0.05, 0.1) is 24.5 Å². The number of aromatic nitrogens is 1. The topological polar surface area (TPSA) is 80.8 Å². The first-order valence-electron chi connectivity index (χ1n) is 10.4. The van der Waals surface area contributed by atoms with Gasteiger partial charge in [-0.3, -0.25) is 9.59 Å². The first-order chi connectivity index (χ1) is 16.4. The molecule has 1 fully saturated rings. The second kappa shape index (κ2) is 10.3. The summed E-state index contributed by atoms with van der Waals surface area (Å²) in [7, 11) is 0. The Balaban J connectivity index is 1.62. The lowest BCUT2D eigenvalue weighted by molar-refractivity contribution is 0.0303. The summed E-state index contributed by atoms with van der Waals surface area (Å²) in [6, 6.07) is 10.0. The van der Waals surface area contributed by atoms with Crippen LogP contribution in [0.5, 0.6) is 5.75 Å². The number of carbonyl (C=O) groups excluding carboxylic acids is 2. The number of pyridine rings is 1. The Morgan fingerprint density at radius 2 is 1.85 bits per heavy atom. The molecule has 176 valence electrons. The molecule has 0 saturated carbocycles. The molecule has 0 aliphatic carbocycles. The van der Waals surface area contributed by atoms with E-state index in [-0.39, 0.29) is 40.6 Å². The number of carbonyl (C=O) groups is 2. The van der Waals surface area contributed by atoms with Crippen molar-refractivity contribution in [2.75, 3.05) is 31.6 Å². The predicted molar refractivity (Wildman–Crippen MR) is 116 cm³/mol. The Hall–Kier alpha value is -3.92. The van der Waals surface area contributed by atoms with Gasteiger partial charge in [0.2, 0.25) is 5.95 Å². The van der Waals surface area contributed by atoms with Gasteiger partial charge in [-0.25, -0.2) is 13.8 Å². The summed E-state index contributed by atoms with van der Waals surface area (Å²) in [5, 5.41) is 2.40. The number of hydrogen-bond acceptors (Lipinski definition) is 5.